The van der Waals surface area contributed by atoms with Gasteiger partial charge in [0.15, 0.2) is 11.5 Å². The van der Waals surface area contributed by atoms with Gasteiger partial charge in [-0.1, -0.05) is 36.4 Å². The van der Waals surface area contributed by atoms with Crippen molar-refractivity contribution in [2.45, 2.75) is 18.6 Å². The highest BCUT2D eigenvalue weighted by Crippen LogP contribution is 2.31. The first-order chi connectivity index (χ1) is 13.9. The van der Waals surface area contributed by atoms with Gasteiger partial charge in [0.25, 0.3) is 5.91 Å². The van der Waals surface area contributed by atoms with Gasteiger partial charge in [0.1, 0.15) is 0 Å². The number of anilines is 1. The van der Waals surface area contributed by atoms with Gasteiger partial charge in [-0.3, -0.25) is 4.79 Å². The number of carbonyl (C=O) groups excluding carboxylic acids is 1. The molecule has 8 heteroatoms. The van der Waals surface area contributed by atoms with Gasteiger partial charge in [-0.25, -0.2) is 14.8 Å². The third-order valence-corrected chi connectivity index (χ3v) is 4.91. The van der Waals surface area contributed by atoms with Crippen LogP contribution in [0.2, 0.25) is 0 Å². The highest BCUT2D eigenvalue weighted by Gasteiger charge is 2.32. The molecule has 4 rings (SSSR count). The Hall–Kier alpha value is -3.78. The predicted molar refractivity (Wildman–Crippen MR) is 105 cm³/mol. The summed E-state index contributed by atoms with van der Waals surface area (Å²) in [7, 11) is 0. The molecule has 1 heterocycles. The predicted octanol–water partition coefficient (Wildman–Crippen LogP) is 1.81. The van der Waals surface area contributed by atoms with E-state index in [1.54, 1.807) is 24.3 Å². The zero-order valence-electron chi connectivity index (χ0n) is 15.2. The van der Waals surface area contributed by atoms with E-state index >= 15 is 0 Å². The lowest BCUT2D eigenvalue weighted by Crippen LogP contribution is -2.33. The fourth-order valence-electron chi connectivity index (χ4n) is 3.49. The fourth-order valence-corrected chi connectivity index (χ4v) is 3.49. The average Bonchev–Trinajstić information content (AvgIpc) is 3.03. The Labute approximate surface area is 166 Å². The number of nitrogen functional groups attached to an aromatic ring is 1. The van der Waals surface area contributed by atoms with Crippen LogP contribution in [0.4, 0.5) is 5.82 Å². The van der Waals surface area contributed by atoms with E-state index in [4.69, 9.17) is 5.73 Å². The number of nitrogens with two attached hydrogens (primary N) is 1. The van der Waals surface area contributed by atoms with E-state index < -0.39 is 18.1 Å². The lowest BCUT2D eigenvalue weighted by Gasteiger charge is -2.18. The normalized spacial score (nSPS) is 17.6. The van der Waals surface area contributed by atoms with Crippen LogP contribution in [0.15, 0.2) is 54.7 Å². The molecule has 0 radical (unpaired) electrons. The molecule has 3 aromatic rings. The number of nitrogens with one attached hydrogen (secondary N) is 1. The summed E-state index contributed by atoms with van der Waals surface area (Å²) in [5.74, 6) is -1.81. The van der Waals surface area contributed by atoms with Crippen molar-refractivity contribution in [2.24, 2.45) is 0 Å². The van der Waals surface area contributed by atoms with E-state index in [2.05, 4.69) is 15.3 Å². The number of aliphatic hydroxyl groups is 1. The van der Waals surface area contributed by atoms with Crippen LogP contribution in [-0.2, 0) is 6.42 Å². The zero-order chi connectivity index (χ0) is 20.5. The average molecular weight is 390 g/mol. The van der Waals surface area contributed by atoms with Crippen LogP contribution in [0.1, 0.15) is 38.0 Å². The Balaban J connectivity index is 1.60. The number of hydrogen-bond donors (Lipinski definition) is 4. The summed E-state index contributed by atoms with van der Waals surface area (Å²) in [6.07, 6.45) is 1.15. The van der Waals surface area contributed by atoms with Gasteiger partial charge in [0.05, 0.1) is 24.0 Å². The monoisotopic (exact) mass is 390 g/mol. The van der Waals surface area contributed by atoms with E-state index in [0.29, 0.717) is 17.5 Å². The lowest BCUT2D eigenvalue weighted by molar-refractivity contribution is 0.0691. The molecule has 0 fully saturated rings. The smallest absolute Gasteiger partial charge is 0.358 e. The molecule has 1 aromatic heterocycles. The fraction of sp³-hybridized carbons (Fsp3) is 0.143. The third kappa shape index (κ3) is 3.53. The molecule has 5 N–H and O–H groups in total. The van der Waals surface area contributed by atoms with Gasteiger partial charge in [0, 0.05) is 17.5 Å². The molecule has 1 amide bonds. The first-order valence-corrected chi connectivity index (χ1v) is 8.97. The van der Waals surface area contributed by atoms with E-state index in [0.717, 1.165) is 11.1 Å². The van der Waals surface area contributed by atoms with Crippen molar-refractivity contribution in [2.75, 3.05) is 5.73 Å². The van der Waals surface area contributed by atoms with Gasteiger partial charge < -0.3 is 21.3 Å². The van der Waals surface area contributed by atoms with Crippen LogP contribution in [-0.4, -0.2) is 38.2 Å². The third-order valence-electron chi connectivity index (χ3n) is 4.91. The van der Waals surface area contributed by atoms with Crippen LogP contribution in [0, 0.1) is 0 Å². The highest BCUT2D eigenvalue weighted by molar-refractivity contribution is 5.96. The maximum Gasteiger partial charge on any atom is 0.358 e. The van der Waals surface area contributed by atoms with Crippen LogP contribution >= 0.6 is 0 Å². The molecule has 8 nitrogen and oxygen atoms in total. The Morgan fingerprint density at radius 3 is 2.72 bits per heavy atom. The van der Waals surface area contributed by atoms with Gasteiger partial charge >= 0.3 is 5.97 Å². The number of carboxylic acids is 1. The number of nitrogens with zero attached hydrogens (tertiary/aromatic N) is 2. The number of rotatable bonds is 4. The van der Waals surface area contributed by atoms with Crippen LogP contribution in [0.25, 0.3) is 11.3 Å². The number of carboxylic acid groups (broad SMARTS) is 1. The standard InChI is InChI=1S/C21H18N4O4/c22-19-18(21(28)29)24-15(10-23-19)12-5-3-6-13(8-12)20(27)25-17-14-7-2-1-4-11(14)9-16(17)26/h1-8,10,16-17,26H,9H2,(H2,22,23)(H,25,27)(H,28,29)/t16-,17-/m0/s1. The van der Waals surface area contributed by atoms with Gasteiger partial charge in [-0.15, -0.1) is 0 Å². The largest absolute Gasteiger partial charge is 0.476 e. The Morgan fingerprint density at radius 2 is 1.93 bits per heavy atom. The van der Waals surface area contributed by atoms with Crippen LogP contribution < -0.4 is 11.1 Å². The van der Waals surface area contributed by atoms with Gasteiger partial charge in [-0.2, -0.15) is 0 Å². The second kappa shape index (κ2) is 7.33. The summed E-state index contributed by atoms with van der Waals surface area (Å²) in [5, 5.41) is 22.4. The number of aliphatic hydroxyl groups excluding tert-OH is 1. The van der Waals surface area contributed by atoms with Crippen molar-refractivity contribution >= 4 is 17.7 Å². The second-order valence-electron chi connectivity index (χ2n) is 6.80. The summed E-state index contributed by atoms with van der Waals surface area (Å²) >= 11 is 0. The highest BCUT2D eigenvalue weighted by atomic mass is 16.4. The molecule has 0 aliphatic heterocycles. The molecule has 0 bridgehead atoms. The lowest BCUT2D eigenvalue weighted by atomic mass is 10.1. The van der Waals surface area contributed by atoms with Crippen LogP contribution in [0.3, 0.4) is 0 Å². The quantitative estimate of drug-likeness (QED) is 0.533. The topological polar surface area (TPSA) is 138 Å². The maximum absolute atomic E-state index is 12.8. The van der Waals surface area contributed by atoms with Crippen LogP contribution in [0.5, 0.6) is 0 Å². The second-order valence-corrected chi connectivity index (χ2v) is 6.80. The van der Waals surface area contributed by atoms with Crippen molar-refractivity contribution in [1.82, 2.24) is 15.3 Å². The summed E-state index contributed by atoms with van der Waals surface area (Å²) in [6, 6.07) is 13.7. The summed E-state index contributed by atoms with van der Waals surface area (Å²) in [4.78, 5) is 31.9. The summed E-state index contributed by atoms with van der Waals surface area (Å²) in [5.41, 5.74) is 8.29. The van der Waals surface area contributed by atoms with Crippen molar-refractivity contribution in [1.29, 1.82) is 0 Å². The van der Waals surface area contributed by atoms with E-state index in [1.807, 2.05) is 24.3 Å². The van der Waals surface area contributed by atoms with E-state index in [1.165, 1.54) is 6.20 Å². The minimum absolute atomic E-state index is 0.177. The van der Waals surface area contributed by atoms with Gasteiger partial charge in [0.2, 0.25) is 0 Å². The Morgan fingerprint density at radius 1 is 1.14 bits per heavy atom. The van der Waals surface area contributed by atoms with Crippen molar-refractivity contribution in [3.05, 3.63) is 77.1 Å². The first-order valence-electron chi connectivity index (χ1n) is 8.97. The first kappa shape index (κ1) is 18.6. The molecule has 0 saturated heterocycles. The molecular weight excluding hydrogens is 372 g/mol. The minimum Gasteiger partial charge on any atom is -0.476 e. The summed E-state index contributed by atoms with van der Waals surface area (Å²) in [6.45, 7) is 0. The molecule has 1 aliphatic carbocycles. The molecular formula is C21H18N4O4. The minimum atomic E-state index is -1.28. The number of benzene rings is 2. The number of carbonyl (C=O) groups is 2. The molecule has 0 unspecified atom stereocenters. The number of aromatic nitrogens is 2. The Bertz CT molecular complexity index is 1120. The molecule has 0 spiro atoms. The SMILES string of the molecule is Nc1ncc(-c2cccc(C(=O)N[C@H]3c4ccccc4C[C@@H]3O)c2)nc1C(=O)O. The molecule has 1 aliphatic rings. The molecule has 146 valence electrons. The van der Waals surface area contributed by atoms with Crippen molar-refractivity contribution in [3.8, 4) is 11.3 Å². The molecule has 29 heavy (non-hydrogen) atoms. The van der Waals surface area contributed by atoms with E-state index in [-0.39, 0.29) is 23.1 Å². The number of aromatic carboxylic acids is 1. The van der Waals surface area contributed by atoms with Crippen molar-refractivity contribution in [3.63, 3.8) is 0 Å². The van der Waals surface area contributed by atoms with Crippen molar-refractivity contribution < 1.29 is 19.8 Å². The molecule has 2 aromatic carbocycles. The van der Waals surface area contributed by atoms with Gasteiger partial charge in [-0.05, 0) is 23.3 Å². The number of amides is 1. The van der Waals surface area contributed by atoms with E-state index in [9.17, 15) is 19.8 Å². The zero-order valence-corrected chi connectivity index (χ0v) is 15.2. The number of hydrogen-bond acceptors (Lipinski definition) is 6. The maximum atomic E-state index is 12.8. The number of fused-ring (bicyclic) bond motifs is 1. The summed E-state index contributed by atoms with van der Waals surface area (Å²) < 4.78 is 0. The molecule has 2 atom stereocenters. The molecule has 0 saturated carbocycles. The Kier molecular flexibility index (Phi) is 4.69.